The van der Waals surface area contributed by atoms with Gasteiger partial charge in [-0.1, -0.05) is 12.2 Å². The van der Waals surface area contributed by atoms with Crippen molar-refractivity contribution in [2.24, 2.45) is 11.5 Å². The van der Waals surface area contributed by atoms with Crippen LogP contribution >= 0.6 is 12.2 Å². The Balaban J connectivity index is 3.26. The lowest BCUT2D eigenvalue weighted by Crippen LogP contribution is -2.31. The number of nitrogens with two attached hydrogens (primary N) is 2. The summed E-state index contributed by atoms with van der Waals surface area (Å²) >= 11 is 4.47. The molecule has 0 saturated carbocycles. The number of rotatable bonds is 1. The van der Waals surface area contributed by atoms with Crippen molar-refractivity contribution in [2.75, 3.05) is 0 Å². The summed E-state index contributed by atoms with van der Waals surface area (Å²) in [6.07, 6.45) is 0. The maximum atomic E-state index is 5.17. The number of thiocarbonyl (C=S) groups is 1. The van der Waals surface area contributed by atoms with E-state index in [2.05, 4.69) is 12.2 Å². The highest BCUT2D eigenvalue weighted by Gasteiger charge is 1.91. The maximum Gasteiger partial charge on any atom is 0.0894 e. The molecule has 1 atom stereocenters. The van der Waals surface area contributed by atoms with Crippen LogP contribution in [0.5, 0.6) is 0 Å². The Morgan fingerprint density at radius 2 is 2.00 bits per heavy atom. The van der Waals surface area contributed by atoms with Crippen molar-refractivity contribution in [1.29, 1.82) is 0 Å². The van der Waals surface area contributed by atoms with E-state index in [0.29, 0.717) is 4.99 Å². The first-order valence-corrected chi connectivity index (χ1v) is 2.10. The first kappa shape index (κ1) is 5.85. The van der Waals surface area contributed by atoms with Crippen molar-refractivity contribution in [2.45, 2.75) is 13.0 Å². The standard InChI is InChI=1S/C3H8N2S/c1-2(4)3(5)6/h2H,4H2,1H3,(H2,5,6). The fraction of sp³-hybridized carbons (Fsp3) is 0.667. The van der Waals surface area contributed by atoms with Gasteiger partial charge in [0, 0.05) is 0 Å². The van der Waals surface area contributed by atoms with Crippen LogP contribution in [0.3, 0.4) is 0 Å². The molecule has 4 N–H and O–H groups in total. The van der Waals surface area contributed by atoms with Gasteiger partial charge in [-0.3, -0.25) is 0 Å². The van der Waals surface area contributed by atoms with Crippen molar-refractivity contribution >= 4 is 17.2 Å². The summed E-state index contributed by atoms with van der Waals surface area (Å²) in [5.74, 6) is 0. The van der Waals surface area contributed by atoms with Crippen LogP contribution in [0.4, 0.5) is 0 Å². The topological polar surface area (TPSA) is 52.0 Å². The minimum absolute atomic E-state index is 0.139. The minimum Gasteiger partial charge on any atom is -0.392 e. The van der Waals surface area contributed by atoms with Crippen LogP contribution < -0.4 is 11.5 Å². The summed E-state index contributed by atoms with van der Waals surface area (Å²) < 4.78 is 0. The molecule has 0 saturated heterocycles. The molecule has 0 heterocycles. The van der Waals surface area contributed by atoms with E-state index in [9.17, 15) is 0 Å². The summed E-state index contributed by atoms with van der Waals surface area (Å²) in [4.78, 5) is 0.370. The van der Waals surface area contributed by atoms with Crippen LogP contribution in [-0.4, -0.2) is 11.0 Å². The Kier molecular flexibility index (Phi) is 2.05. The van der Waals surface area contributed by atoms with Gasteiger partial charge in [0.15, 0.2) is 0 Å². The zero-order chi connectivity index (χ0) is 5.15. The van der Waals surface area contributed by atoms with E-state index in [0.717, 1.165) is 0 Å². The quantitative estimate of drug-likeness (QED) is 0.446. The van der Waals surface area contributed by atoms with Crippen molar-refractivity contribution in [1.82, 2.24) is 0 Å². The van der Waals surface area contributed by atoms with Gasteiger partial charge in [-0.15, -0.1) is 0 Å². The van der Waals surface area contributed by atoms with Crippen molar-refractivity contribution < 1.29 is 0 Å². The first-order chi connectivity index (χ1) is 2.64. The molecule has 0 aromatic heterocycles. The van der Waals surface area contributed by atoms with E-state index in [-0.39, 0.29) is 6.04 Å². The van der Waals surface area contributed by atoms with Crippen LogP contribution in [0.2, 0.25) is 0 Å². The fourth-order valence-corrected chi connectivity index (χ4v) is 0. The lowest BCUT2D eigenvalue weighted by Gasteiger charge is -1.96. The predicted molar refractivity (Wildman–Crippen MR) is 30.4 cm³/mol. The monoisotopic (exact) mass is 104 g/mol. The molecule has 0 aliphatic heterocycles. The maximum absolute atomic E-state index is 5.17. The van der Waals surface area contributed by atoms with Crippen LogP contribution in [0.25, 0.3) is 0 Å². The molecule has 3 heteroatoms. The van der Waals surface area contributed by atoms with Crippen LogP contribution in [0.1, 0.15) is 6.92 Å². The second-order valence-electron chi connectivity index (χ2n) is 1.19. The predicted octanol–water partition coefficient (Wildman–Crippen LogP) is -0.380. The van der Waals surface area contributed by atoms with E-state index >= 15 is 0 Å². The lowest BCUT2D eigenvalue weighted by atomic mass is 10.4. The normalized spacial score (nSPS) is 13.7. The molecule has 36 valence electrons. The van der Waals surface area contributed by atoms with E-state index in [1.54, 1.807) is 6.92 Å². The van der Waals surface area contributed by atoms with E-state index < -0.39 is 0 Å². The van der Waals surface area contributed by atoms with Gasteiger partial charge in [0.25, 0.3) is 0 Å². The van der Waals surface area contributed by atoms with Gasteiger partial charge in [0.05, 0.1) is 11.0 Å². The second kappa shape index (κ2) is 2.10. The third-order valence-corrected chi connectivity index (χ3v) is 0.821. The van der Waals surface area contributed by atoms with Gasteiger partial charge in [-0.25, -0.2) is 0 Å². The molecule has 0 bridgehead atoms. The van der Waals surface area contributed by atoms with E-state index in [4.69, 9.17) is 11.5 Å². The summed E-state index contributed by atoms with van der Waals surface area (Å²) in [6, 6.07) is -0.139. The average molecular weight is 104 g/mol. The summed E-state index contributed by atoms with van der Waals surface area (Å²) in [5, 5.41) is 0. The van der Waals surface area contributed by atoms with Crippen molar-refractivity contribution in [3.8, 4) is 0 Å². The molecule has 0 aliphatic carbocycles. The zero-order valence-electron chi connectivity index (χ0n) is 3.64. The summed E-state index contributed by atoms with van der Waals surface area (Å²) in [6.45, 7) is 1.75. The zero-order valence-corrected chi connectivity index (χ0v) is 4.46. The molecule has 0 radical (unpaired) electrons. The van der Waals surface area contributed by atoms with Crippen LogP contribution in [0, 0.1) is 0 Å². The molecule has 0 amide bonds. The van der Waals surface area contributed by atoms with Gasteiger partial charge in [0.2, 0.25) is 0 Å². The molecule has 0 fully saturated rings. The highest BCUT2D eigenvalue weighted by Crippen LogP contribution is 1.70. The van der Waals surface area contributed by atoms with Gasteiger partial charge >= 0.3 is 0 Å². The Hall–Kier alpha value is -0.150. The molecule has 0 aromatic rings. The summed E-state index contributed by atoms with van der Waals surface area (Å²) in [5.41, 5.74) is 10.2. The smallest absolute Gasteiger partial charge is 0.0894 e. The Labute approximate surface area is 42.5 Å². The largest absolute Gasteiger partial charge is 0.392 e. The first-order valence-electron chi connectivity index (χ1n) is 1.69. The third-order valence-electron chi connectivity index (χ3n) is 0.449. The molecular formula is C3H8N2S. The van der Waals surface area contributed by atoms with Crippen molar-refractivity contribution in [3.63, 3.8) is 0 Å². The molecule has 0 rings (SSSR count). The molecule has 2 nitrogen and oxygen atoms in total. The SMILES string of the molecule is CC(N)C(N)=S. The van der Waals surface area contributed by atoms with E-state index in [1.807, 2.05) is 0 Å². The van der Waals surface area contributed by atoms with Gasteiger partial charge in [0.1, 0.15) is 0 Å². The molecular weight excluding hydrogens is 96.1 g/mol. The van der Waals surface area contributed by atoms with Crippen molar-refractivity contribution in [3.05, 3.63) is 0 Å². The highest BCUT2D eigenvalue weighted by atomic mass is 32.1. The molecule has 0 aromatic carbocycles. The highest BCUT2D eigenvalue weighted by molar-refractivity contribution is 7.80. The van der Waals surface area contributed by atoms with Gasteiger partial charge in [-0.2, -0.15) is 0 Å². The van der Waals surface area contributed by atoms with Gasteiger partial charge in [-0.05, 0) is 6.92 Å². The third kappa shape index (κ3) is 2.11. The lowest BCUT2D eigenvalue weighted by molar-refractivity contribution is 0.980. The Bertz CT molecular complexity index is 59.8. The number of hydrogen-bond acceptors (Lipinski definition) is 2. The molecule has 6 heavy (non-hydrogen) atoms. The molecule has 0 spiro atoms. The summed E-state index contributed by atoms with van der Waals surface area (Å²) in [7, 11) is 0. The number of hydrogen-bond donors (Lipinski definition) is 2. The molecule has 1 unspecified atom stereocenters. The van der Waals surface area contributed by atoms with Crippen LogP contribution in [0.15, 0.2) is 0 Å². The average Bonchev–Trinajstić information content (AvgIpc) is 1.36. The van der Waals surface area contributed by atoms with Gasteiger partial charge < -0.3 is 11.5 Å². The van der Waals surface area contributed by atoms with E-state index in [1.165, 1.54) is 0 Å². The second-order valence-corrected chi connectivity index (χ2v) is 1.66. The van der Waals surface area contributed by atoms with Crippen LogP contribution in [-0.2, 0) is 0 Å². The minimum atomic E-state index is -0.139. The fourth-order valence-electron chi connectivity index (χ4n) is 0. The Morgan fingerprint density at radius 3 is 2.00 bits per heavy atom. The Morgan fingerprint density at radius 1 is 1.83 bits per heavy atom. The molecule has 0 aliphatic rings.